The maximum absolute atomic E-state index is 12.1. The van der Waals surface area contributed by atoms with Crippen molar-refractivity contribution in [3.8, 4) is 0 Å². The van der Waals surface area contributed by atoms with Crippen LogP contribution in [0.4, 0.5) is 5.69 Å². The van der Waals surface area contributed by atoms with Gasteiger partial charge in [-0.1, -0.05) is 41.9 Å². The van der Waals surface area contributed by atoms with Crippen LogP contribution in [0.2, 0.25) is 5.02 Å². The number of hydrogen-bond donors (Lipinski definition) is 2. The van der Waals surface area contributed by atoms with Gasteiger partial charge in [0.25, 0.3) is 5.91 Å². The molecule has 0 spiro atoms. The Morgan fingerprint density at radius 3 is 2.41 bits per heavy atom. The number of carbonyl (C=O) groups is 1. The molecule has 2 N–H and O–H groups in total. The summed E-state index contributed by atoms with van der Waals surface area (Å²) in [6, 6.07) is 13.9. The maximum atomic E-state index is 12.1. The normalized spacial score (nSPS) is 11.0. The molecule has 0 radical (unpaired) electrons. The Morgan fingerprint density at radius 1 is 1.14 bits per heavy atom. The predicted octanol–water partition coefficient (Wildman–Crippen LogP) is 2.64. The fraction of sp³-hybridized carbons (Fsp3) is 0.133. The van der Waals surface area contributed by atoms with Crippen LogP contribution in [0, 0.1) is 0 Å². The molecule has 0 aliphatic heterocycles. The minimum absolute atomic E-state index is 0.165. The lowest BCUT2D eigenvalue weighted by Gasteiger charge is -2.09. The maximum Gasteiger partial charge on any atom is 0.251 e. The van der Waals surface area contributed by atoms with E-state index < -0.39 is 10.0 Å². The molecule has 0 saturated carbocycles. The molecule has 2 aromatic carbocycles. The van der Waals surface area contributed by atoms with Crippen molar-refractivity contribution >= 4 is 33.2 Å². The lowest BCUT2D eigenvalue weighted by atomic mass is 10.2. The Hall–Kier alpha value is -2.05. The van der Waals surface area contributed by atoms with Crippen molar-refractivity contribution in [2.45, 2.75) is 6.54 Å². The topological polar surface area (TPSA) is 75.3 Å². The van der Waals surface area contributed by atoms with E-state index in [1.54, 1.807) is 0 Å². The first-order valence-electron chi connectivity index (χ1n) is 6.44. The van der Waals surface area contributed by atoms with Gasteiger partial charge < -0.3 is 5.32 Å². The van der Waals surface area contributed by atoms with E-state index in [4.69, 9.17) is 11.6 Å². The largest absolute Gasteiger partial charge is 0.348 e. The molecule has 5 nitrogen and oxygen atoms in total. The Morgan fingerprint density at radius 2 is 1.82 bits per heavy atom. The number of benzene rings is 2. The number of amides is 1. The summed E-state index contributed by atoms with van der Waals surface area (Å²) in [5.74, 6) is -0.281. The van der Waals surface area contributed by atoms with Gasteiger partial charge in [-0.05, 0) is 23.8 Å². The summed E-state index contributed by atoms with van der Waals surface area (Å²) in [5, 5.41) is 2.94. The third kappa shape index (κ3) is 4.75. The van der Waals surface area contributed by atoms with E-state index in [0.717, 1.165) is 11.8 Å². The summed E-state index contributed by atoms with van der Waals surface area (Å²) in [5.41, 5.74) is 1.58. The molecule has 0 heterocycles. The molecule has 2 aromatic rings. The third-order valence-corrected chi connectivity index (χ3v) is 3.73. The first-order valence-corrected chi connectivity index (χ1v) is 8.71. The predicted molar refractivity (Wildman–Crippen MR) is 87.5 cm³/mol. The average molecular weight is 339 g/mol. The van der Waals surface area contributed by atoms with Gasteiger partial charge in [-0.25, -0.2) is 8.42 Å². The molecule has 22 heavy (non-hydrogen) atoms. The van der Waals surface area contributed by atoms with Crippen LogP contribution in [-0.2, 0) is 16.6 Å². The lowest BCUT2D eigenvalue weighted by Crippen LogP contribution is -2.22. The summed E-state index contributed by atoms with van der Waals surface area (Å²) in [7, 11) is -3.41. The van der Waals surface area contributed by atoms with E-state index in [1.807, 2.05) is 30.3 Å². The van der Waals surface area contributed by atoms with Crippen LogP contribution in [0.25, 0.3) is 0 Å². The highest BCUT2D eigenvalue weighted by molar-refractivity contribution is 7.92. The van der Waals surface area contributed by atoms with Crippen molar-refractivity contribution in [3.05, 3.63) is 64.7 Å². The molecule has 0 aliphatic carbocycles. The number of nitrogens with one attached hydrogen (secondary N) is 2. The van der Waals surface area contributed by atoms with E-state index in [0.29, 0.717) is 12.1 Å². The van der Waals surface area contributed by atoms with E-state index in [9.17, 15) is 13.2 Å². The van der Waals surface area contributed by atoms with Crippen molar-refractivity contribution in [1.29, 1.82) is 0 Å². The Balaban J connectivity index is 2.06. The summed E-state index contributed by atoms with van der Waals surface area (Å²) >= 11 is 5.99. The van der Waals surface area contributed by atoms with Crippen LogP contribution >= 0.6 is 11.6 Å². The highest BCUT2D eigenvalue weighted by atomic mass is 35.5. The zero-order valence-electron chi connectivity index (χ0n) is 11.8. The molecule has 0 unspecified atom stereocenters. The number of rotatable bonds is 5. The molecule has 0 aromatic heterocycles. The van der Waals surface area contributed by atoms with Crippen molar-refractivity contribution in [1.82, 2.24) is 5.32 Å². The monoisotopic (exact) mass is 338 g/mol. The highest BCUT2D eigenvalue weighted by Gasteiger charge is 2.11. The van der Waals surface area contributed by atoms with Crippen molar-refractivity contribution < 1.29 is 13.2 Å². The molecule has 0 bridgehead atoms. The second-order valence-electron chi connectivity index (χ2n) is 4.74. The van der Waals surface area contributed by atoms with E-state index in [2.05, 4.69) is 10.0 Å². The molecule has 0 saturated heterocycles. The van der Waals surface area contributed by atoms with Crippen molar-refractivity contribution in [3.63, 3.8) is 0 Å². The molecular formula is C15H15ClN2O3S. The second-order valence-corrected chi connectivity index (χ2v) is 6.89. The molecular weight excluding hydrogens is 324 g/mol. The molecule has 0 fully saturated rings. The molecule has 0 aliphatic rings. The third-order valence-electron chi connectivity index (χ3n) is 2.82. The number of anilines is 1. The van der Waals surface area contributed by atoms with Gasteiger partial charge in [0.15, 0.2) is 0 Å². The first kappa shape index (κ1) is 16.3. The fourth-order valence-corrected chi connectivity index (χ4v) is 2.68. The van der Waals surface area contributed by atoms with Gasteiger partial charge in [0.1, 0.15) is 0 Å². The molecule has 1 amide bonds. The minimum Gasteiger partial charge on any atom is -0.348 e. The summed E-state index contributed by atoms with van der Waals surface area (Å²) in [6.45, 7) is 0.403. The first-order chi connectivity index (χ1) is 10.3. The van der Waals surface area contributed by atoms with Gasteiger partial charge in [0, 0.05) is 12.1 Å². The fourth-order valence-electron chi connectivity index (χ4n) is 1.82. The SMILES string of the molecule is CS(=O)(=O)Nc1ccc(C(=O)NCc2ccccc2)cc1Cl. The van der Waals surface area contributed by atoms with Gasteiger partial charge >= 0.3 is 0 Å². The van der Waals surface area contributed by atoms with Crippen LogP contribution in [0.1, 0.15) is 15.9 Å². The number of halogens is 1. The van der Waals surface area contributed by atoms with Crippen LogP contribution in [-0.4, -0.2) is 20.6 Å². The van der Waals surface area contributed by atoms with E-state index >= 15 is 0 Å². The second kappa shape index (κ2) is 6.81. The molecule has 7 heteroatoms. The van der Waals surface area contributed by atoms with Gasteiger partial charge in [0.2, 0.25) is 10.0 Å². The van der Waals surface area contributed by atoms with E-state index in [-0.39, 0.29) is 16.6 Å². The summed E-state index contributed by atoms with van der Waals surface area (Å²) in [4.78, 5) is 12.1. The van der Waals surface area contributed by atoms with Gasteiger partial charge in [-0.2, -0.15) is 0 Å². The van der Waals surface area contributed by atoms with Crippen molar-refractivity contribution in [2.75, 3.05) is 11.0 Å². The van der Waals surface area contributed by atoms with Gasteiger partial charge in [0.05, 0.1) is 17.0 Å². The molecule has 2 rings (SSSR count). The van der Waals surface area contributed by atoms with Crippen LogP contribution < -0.4 is 10.0 Å². The van der Waals surface area contributed by atoms with Crippen molar-refractivity contribution in [2.24, 2.45) is 0 Å². The lowest BCUT2D eigenvalue weighted by molar-refractivity contribution is 0.0951. The Labute approximate surface area is 134 Å². The standard InChI is InChI=1S/C15H15ClN2O3S/c1-22(20,21)18-14-8-7-12(9-13(14)16)15(19)17-10-11-5-3-2-4-6-11/h2-9,18H,10H2,1H3,(H,17,19). The van der Waals surface area contributed by atoms with Crippen LogP contribution in [0.5, 0.6) is 0 Å². The van der Waals surface area contributed by atoms with Crippen LogP contribution in [0.15, 0.2) is 48.5 Å². The number of hydrogen-bond acceptors (Lipinski definition) is 3. The Bertz CT molecular complexity index is 777. The Kier molecular flexibility index (Phi) is 5.05. The van der Waals surface area contributed by atoms with Gasteiger partial charge in [-0.15, -0.1) is 0 Å². The zero-order chi connectivity index (χ0) is 16.2. The molecule has 116 valence electrons. The summed E-state index contributed by atoms with van der Waals surface area (Å²) < 4.78 is 24.6. The summed E-state index contributed by atoms with van der Waals surface area (Å²) in [6.07, 6.45) is 1.03. The smallest absolute Gasteiger partial charge is 0.251 e. The number of sulfonamides is 1. The highest BCUT2D eigenvalue weighted by Crippen LogP contribution is 2.23. The molecule has 0 atom stereocenters. The quantitative estimate of drug-likeness (QED) is 0.880. The van der Waals surface area contributed by atoms with E-state index in [1.165, 1.54) is 18.2 Å². The average Bonchev–Trinajstić information content (AvgIpc) is 2.46. The van der Waals surface area contributed by atoms with Crippen LogP contribution in [0.3, 0.4) is 0 Å². The minimum atomic E-state index is -3.41. The van der Waals surface area contributed by atoms with Gasteiger partial charge in [-0.3, -0.25) is 9.52 Å². The number of carbonyl (C=O) groups excluding carboxylic acids is 1. The zero-order valence-corrected chi connectivity index (χ0v) is 13.4.